The number of aliphatic imine (C=N–C) groups is 1. The van der Waals surface area contributed by atoms with Crippen LogP contribution in [0.25, 0.3) is 11.3 Å². The van der Waals surface area contributed by atoms with Crippen LogP contribution in [-0.2, 0) is 0 Å². The molecular weight excluding hydrogens is 322 g/mol. The van der Waals surface area contributed by atoms with E-state index in [1.807, 2.05) is 24.3 Å². The van der Waals surface area contributed by atoms with Crippen molar-refractivity contribution < 1.29 is 9.47 Å². The van der Waals surface area contributed by atoms with Crippen LogP contribution in [0, 0.1) is 0 Å². The summed E-state index contributed by atoms with van der Waals surface area (Å²) in [5.41, 5.74) is 8.66. The van der Waals surface area contributed by atoms with E-state index in [-0.39, 0.29) is 0 Å². The van der Waals surface area contributed by atoms with Crippen molar-refractivity contribution in [1.29, 1.82) is 0 Å². The minimum atomic E-state index is 0.859. The third kappa shape index (κ3) is 2.84. The number of nitrogens with zero attached hydrogens (tertiary/aromatic N) is 1. The van der Waals surface area contributed by atoms with Crippen LogP contribution in [0.2, 0.25) is 0 Å². The van der Waals surface area contributed by atoms with Crippen molar-refractivity contribution in [3.05, 3.63) is 70.8 Å². The first kappa shape index (κ1) is 16.6. The van der Waals surface area contributed by atoms with Crippen LogP contribution >= 0.6 is 0 Å². The highest BCUT2D eigenvalue weighted by Gasteiger charge is 2.35. The zero-order valence-corrected chi connectivity index (χ0v) is 15.5. The Morgan fingerprint density at radius 2 is 1.27 bits per heavy atom. The number of benzene rings is 2. The monoisotopic (exact) mass is 345 g/mol. The molecule has 0 saturated carbocycles. The lowest BCUT2D eigenvalue weighted by Gasteiger charge is -2.14. The molecule has 0 amide bonds. The maximum absolute atomic E-state index is 5.33. The topological polar surface area (TPSA) is 32.6 Å². The van der Waals surface area contributed by atoms with E-state index in [1.54, 1.807) is 14.2 Å². The zero-order chi connectivity index (χ0) is 18.1. The van der Waals surface area contributed by atoms with Crippen LogP contribution in [0.5, 0.6) is 11.5 Å². The zero-order valence-electron chi connectivity index (χ0n) is 15.5. The predicted octanol–water partition coefficient (Wildman–Crippen LogP) is 4.86. The minimum absolute atomic E-state index is 0.859. The van der Waals surface area contributed by atoms with Gasteiger partial charge in [0.15, 0.2) is 0 Å². The third-order valence-corrected chi connectivity index (χ3v) is 5.21. The van der Waals surface area contributed by atoms with Crippen molar-refractivity contribution >= 4 is 17.0 Å². The molecule has 1 aliphatic carbocycles. The van der Waals surface area contributed by atoms with E-state index in [4.69, 9.17) is 14.5 Å². The molecule has 1 radical (unpaired) electrons. The molecule has 0 unspecified atom stereocenters. The fourth-order valence-corrected chi connectivity index (χ4v) is 3.88. The molecule has 0 N–H and O–H groups in total. The maximum atomic E-state index is 5.33. The van der Waals surface area contributed by atoms with Gasteiger partial charge in [0.25, 0.3) is 11.4 Å². The van der Waals surface area contributed by atoms with Gasteiger partial charge in [-0.25, -0.2) is 0 Å². The lowest BCUT2D eigenvalue weighted by Crippen LogP contribution is -2.14. The number of rotatable bonds is 4. The van der Waals surface area contributed by atoms with E-state index < -0.39 is 0 Å². The van der Waals surface area contributed by atoms with Gasteiger partial charge in [-0.15, -0.1) is 0 Å². The Kier molecular flexibility index (Phi) is 4.37. The van der Waals surface area contributed by atoms with Crippen LogP contribution in [0.1, 0.15) is 37.3 Å². The van der Waals surface area contributed by atoms with Crippen molar-refractivity contribution in [1.82, 2.24) is 4.99 Å². The Morgan fingerprint density at radius 3 is 1.85 bits per heavy atom. The molecule has 0 atom stereocenters. The van der Waals surface area contributed by atoms with Gasteiger partial charge in [-0.1, -0.05) is 12.1 Å². The summed E-state index contributed by atoms with van der Waals surface area (Å²) in [5, 5.41) is 0. The predicted molar refractivity (Wildman–Crippen MR) is 106 cm³/mol. The fraction of sp³-hybridized carbons (Fsp3) is 0.261. The van der Waals surface area contributed by atoms with E-state index >= 15 is 0 Å². The second-order valence-corrected chi connectivity index (χ2v) is 6.69. The van der Waals surface area contributed by atoms with Crippen molar-refractivity contribution in [3.63, 3.8) is 0 Å². The molecule has 0 fully saturated rings. The van der Waals surface area contributed by atoms with Crippen molar-refractivity contribution in [2.75, 3.05) is 14.2 Å². The Labute approximate surface area is 154 Å². The molecule has 1 heterocycles. The van der Waals surface area contributed by atoms with Crippen LogP contribution in [0.3, 0.4) is 0 Å². The molecule has 4 rings (SSSR count). The fourth-order valence-electron chi connectivity index (χ4n) is 3.88. The van der Waals surface area contributed by atoms with Crippen molar-refractivity contribution in [2.24, 2.45) is 0 Å². The second kappa shape index (κ2) is 6.83. The Bertz CT molecular complexity index is 916. The average molecular weight is 345 g/mol. The lowest BCUT2D eigenvalue weighted by atomic mass is 9.88. The largest absolute Gasteiger partial charge is 0.497 e. The van der Waals surface area contributed by atoms with Gasteiger partial charge in [-0.05, 0) is 66.8 Å². The molecule has 3 nitrogen and oxygen atoms in total. The number of hydrogen-bond acceptors (Lipinski definition) is 3. The van der Waals surface area contributed by atoms with Gasteiger partial charge in [0.05, 0.1) is 30.3 Å². The molecule has 0 spiro atoms. The summed E-state index contributed by atoms with van der Waals surface area (Å²) in [6.45, 7) is 2.13. The van der Waals surface area contributed by atoms with E-state index in [0.717, 1.165) is 41.3 Å². The van der Waals surface area contributed by atoms with Gasteiger partial charge in [-0.3, -0.25) is 0 Å². The summed E-state index contributed by atoms with van der Waals surface area (Å²) in [7, 11) is 3.39. The van der Waals surface area contributed by atoms with Gasteiger partial charge in [0, 0.05) is 12.5 Å². The van der Waals surface area contributed by atoms with E-state index in [9.17, 15) is 0 Å². The summed E-state index contributed by atoms with van der Waals surface area (Å²) in [6.07, 6.45) is 3.44. The van der Waals surface area contributed by atoms with Crippen LogP contribution in [0.4, 0.5) is 0 Å². The van der Waals surface area contributed by atoms with Crippen LogP contribution in [-0.4, -0.2) is 19.9 Å². The summed E-state index contributed by atoms with van der Waals surface area (Å²) in [6, 6.07) is 16.5. The van der Waals surface area contributed by atoms with Gasteiger partial charge >= 0.3 is 0 Å². The lowest BCUT2D eigenvalue weighted by molar-refractivity contribution is 0.414. The van der Waals surface area contributed by atoms with Crippen molar-refractivity contribution in [3.8, 4) is 11.5 Å². The molecule has 131 valence electrons. The number of allylic oxidation sites excluding steroid dienone is 3. The molecule has 0 aromatic heterocycles. The Hall–Kier alpha value is -2.81. The normalized spacial score (nSPS) is 16.5. The first-order chi connectivity index (χ1) is 12.7. The first-order valence-corrected chi connectivity index (χ1v) is 9.02. The highest BCUT2D eigenvalue weighted by molar-refractivity contribution is 6.12. The van der Waals surface area contributed by atoms with E-state index in [0.29, 0.717) is 0 Å². The smallest absolute Gasteiger partial charge is 0.292 e. The summed E-state index contributed by atoms with van der Waals surface area (Å²) in [5.74, 6) is 1.73. The standard InChI is InChI=1S/C23H23NO2/c1-15-20-5-4-6-21(20)22(16-7-11-18(25-2)12-8-16)23(24-15)17-9-13-19(26-3)14-10-17/h7-14H,4-6H2,1-3H3/q+1. The quantitative estimate of drug-likeness (QED) is 0.792. The number of hydrogen-bond donors (Lipinski definition) is 0. The molecule has 3 heteroatoms. The van der Waals surface area contributed by atoms with Gasteiger partial charge < -0.3 is 9.47 Å². The van der Waals surface area contributed by atoms with Gasteiger partial charge in [-0.2, -0.15) is 0 Å². The van der Waals surface area contributed by atoms with Gasteiger partial charge in [0.1, 0.15) is 11.5 Å². The van der Waals surface area contributed by atoms with Crippen LogP contribution in [0.15, 0.2) is 59.7 Å². The first-order valence-electron chi connectivity index (χ1n) is 9.02. The number of methoxy groups -OCH3 is 2. The molecule has 0 saturated heterocycles. The molecule has 0 bridgehead atoms. The van der Waals surface area contributed by atoms with Crippen molar-refractivity contribution in [2.45, 2.75) is 26.2 Å². The summed E-state index contributed by atoms with van der Waals surface area (Å²) < 4.78 is 10.6. The average Bonchev–Trinajstić information content (AvgIpc) is 3.18. The molecule has 2 aliphatic rings. The molecule has 2 aromatic rings. The second-order valence-electron chi connectivity index (χ2n) is 6.69. The number of ether oxygens (including phenoxy) is 2. The highest BCUT2D eigenvalue weighted by atomic mass is 16.5. The third-order valence-electron chi connectivity index (χ3n) is 5.21. The Morgan fingerprint density at radius 1 is 0.731 bits per heavy atom. The van der Waals surface area contributed by atoms with E-state index in [2.05, 4.69) is 31.2 Å². The Balaban J connectivity index is 1.91. The summed E-state index contributed by atoms with van der Waals surface area (Å²) >= 11 is 0. The SMILES string of the molecule is COc1ccc(C2=C(c3ccc(OC)cc3)C3=C(CCC3)C(C)=[N+]2)cc1. The highest BCUT2D eigenvalue weighted by Crippen LogP contribution is 2.43. The molecule has 2 aromatic carbocycles. The molecule has 26 heavy (non-hydrogen) atoms. The molecular formula is C23H23NO2+. The summed E-state index contributed by atoms with van der Waals surface area (Å²) in [4.78, 5) is 5.02. The van der Waals surface area contributed by atoms with E-state index in [1.165, 1.54) is 28.7 Å². The maximum Gasteiger partial charge on any atom is 0.292 e. The molecule has 1 aliphatic heterocycles. The van der Waals surface area contributed by atoms with Crippen LogP contribution < -0.4 is 14.5 Å². The minimum Gasteiger partial charge on any atom is -0.497 e. The van der Waals surface area contributed by atoms with Gasteiger partial charge in [0.2, 0.25) is 0 Å².